The van der Waals surface area contributed by atoms with E-state index < -0.39 is 0 Å². The van der Waals surface area contributed by atoms with Crippen molar-refractivity contribution in [2.24, 2.45) is 5.92 Å². The molecule has 0 saturated carbocycles. The first-order valence-corrected chi connectivity index (χ1v) is 8.56. The fraction of sp³-hybridized carbons (Fsp3) is 0.444. The molecule has 2 atom stereocenters. The zero-order valence-corrected chi connectivity index (χ0v) is 14.2. The summed E-state index contributed by atoms with van der Waals surface area (Å²) in [5.41, 5.74) is 0.923. The van der Waals surface area contributed by atoms with Gasteiger partial charge in [-0.25, -0.2) is 9.97 Å². The van der Waals surface area contributed by atoms with Crippen LogP contribution in [0.25, 0.3) is 0 Å². The highest BCUT2D eigenvalue weighted by Crippen LogP contribution is 2.34. The van der Waals surface area contributed by atoms with Crippen molar-refractivity contribution in [3.8, 4) is 5.88 Å². The molecule has 25 heavy (non-hydrogen) atoms. The van der Waals surface area contributed by atoms with Gasteiger partial charge in [-0.05, 0) is 25.0 Å². The fourth-order valence-electron chi connectivity index (χ4n) is 3.77. The Morgan fingerprint density at radius 3 is 2.80 bits per heavy atom. The zero-order valence-electron chi connectivity index (χ0n) is 14.2. The molecule has 2 bridgehead atoms. The number of methoxy groups -OCH3 is 1. The van der Waals surface area contributed by atoms with Crippen molar-refractivity contribution in [1.82, 2.24) is 19.9 Å². The lowest BCUT2D eigenvalue weighted by molar-refractivity contribution is -0.140. The summed E-state index contributed by atoms with van der Waals surface area (Å²) in [6.45, 7) is 1.96. The van der Waals surface area contributed by atoms with Gasteiger partial charge in [0.25, 0.3) is 5.88 Å². The Hall–Kier alpha value is -2.70. The van der Waals surface area contributed by atoms with Crippen LogP contribution in [0.5, 0.6) is 5.88 Å². The molecule has 3 fully saturated rings. The van der Waals surface area contributed by atoms with E-state index in [0.29, 0.717) is 19.0 Å². The quantitative estimate of drug-likeness (QED) is 0.841. The summed E-state index contributed by atoms with van der Waals surface area (Å²) < 4.78 is 5.36. The zero-order chi connectivity index (χ0) is 17.2. The van der Waals surface area contributed by atoms with Crippen LogP contribution < -0.4 is 9.64 Å². The molecule has 0 spiro atoms. The van der Waals surface area contributed by atoms with Crippen LogP contribution in [0.2, 0.25) is 0 Å². The van der Waals surface area contributed by atoms with E-state index in [9.17, 15) is 4.79 Å². The standard InChI is InChI=1S/C18H21N5O2/c1-25-17-16(20-8-9-21-17)22-10-13-5-6-15(12-22)23(18(13)24)11-14-4-2-3-7-19-14/h2-4,7-9,13,15H,5-6,10-12H2,1H3/t13-,15+/m1/s1. The van der Waals surface area contributed by atoms with Gasteiger partial charge in [-0.3, -0.25) is 9.78 Å². The van der Waals surface area contributed by atoms with Gasteiger partial charge < -0.3 is 14.5 Å². The minimum absolute atomic E-state index is 0.0193. The lowest BCUT2D eigenvalue weighted by atomic mass is 9.94. The highest BCUT2D eigenvalue weighted by molar-refractivity contribution is 5.81. The van der Waals surface area contributed by atoms with Crippen molar-refractivity contribution in [3.63, 3.8) is 0 Å². The van der Waals surface area contributed by atoms with Crippen LogP contribution in [0.15, 0.2) is 36.8 Å². The maximum atomic E-state index is 12.9. The second kappa shape index (κ2) is 6.66. The molecule has 3 aliphatic heterocycles. The molecule has 5 heterocycles. The molecule has 130 valence electrons. The molecule has 7 nitrogen and oxygen atoms in total. The lowest BCUT2D eigenvalue weighted by Gasteiger charge is -2.35. The number of anilines is 1. The second-order valence-electron chi connectivity index (χ2n) is 6.51. The van der Waals surface area contributed by atoms with Crippen LogP contribution in [0.4, 0.5) is 5.82 Å². The van der Waals surface area contributed by atoms with Gasteiger partial charge >= 0.3 is 0 Å². The van der Waals surface area contributed by atoms with Crippen LogP contribution in [0, 0.1) is 5.92 Å². The number of carbonyl (C=O) groups excluding carboxylic acids is 1. The lowest BCUT2D eigenvalue weighted by Crippen LogP contribution is -2.47. The second-order valence-corrected chi connectivity index (χ2v) is 6.51. The Balaban J connectivity index is 1.60. The average Bonchev–Trinajstić information content (AvgIpc) is 2.95. The number of hydrogen-bond acceptors (Lipinski definition) is 6. The maximum Gasteiger partial charge on any atom is 0.257 e. The molecule has 7 heteroatoms. The first-order valence-electron chi connectivity index (χ1n) is 8.56. The number of fused-ring (bicyclic) bond motifs is 4. The van der Waals surface area contributed by atoms with E-state index in [1.54, 1.807) is 25.7 Å². The number of ether oxygens (including phenoxy) is 1. The Morgan fingerprint density at radius 1 is 1.12 bits per heavy atom. The third kappa shape index (κ3) is 3.01. The number of pyridine rings is 1. The summed E-state index contributed by atoms with van der Waals surface area (Å²) in [7, 11) is 1.60. The SMILES string of the molecule is COc1nccnc1N1C[C@H]2CC[C@@H](C1)N(Cc1ccccn1)C2=O. The van der Waals surface area contributed by atoms with Gasteiger partial charge in [0.05, 0.1) is 25.3 Å². The molecule has 0 aliphatic carbocycles. The molecular formula is C18H21N5O2. The first-order chi connectivity index (χ1) is 12.3. The summed E-state index contributed by atoms with van der Waals surface area (Å²) >= 11 is 0. The summed E-state index contributed by atoms with van der Waals surface area (Å²) in [5.74, 6) is 1.42. The number of piperidine rings is 1. The highest BCUT2D eigenvalue weighted by atomic mass is 16.5. The molecule has 2 aromatic rings. The number of hydrogen-bond donors (Lipinski definition) is 0. The highest BCUT2D eigenvalue weighted by Gasteiger charge is 2.41. The van der Waals surface area contributed by atoms with Crippen molar-refractivity contribution < 1.29 is 9.53 Å². The van der Waals surface area contributed by atoms with Gasteiger partial charge in [0.15, 0.2) is 5.82 Å². The van der Waals surface area contributed by atoms with Gasteiger partial charge in [-0.1, -0.05) is 6.07 Å². The molecule has 0 unspecified atom stereocenters. The predicted molar refractivity (Wildman–Crippen MR) is 92.1 cm³/mol. The summed E-state index contributed by atoms with van der Waals surface area (Å²) in [6.07, 6.45) is 6.97. The van der Waals surface area contributed by atoms with Gasteiger partial charge in [-0.2, -0.15) is 0 Å². The Bertz CT molecular complexity index is 754. The summed E-state index contributed by atoms with van der Waals surface area (Å²) in [4.78, 5) is 30.1. The largest absolute Gasteiger partial charge is 0.478 e. The van der Waals surface area contributed by atoms with Crippen LogP contribution in [0.1, 0.15) is 18.5 Å². The first kappa shape index (κ1) is 15.8. The van der Waals surface area contributed by atoms with E-state index in [1.807, 2.05) is 23.1 Å². The maximum absolute atomic E-state index is 12.9. The van der Waals surface area contributed by atoms with Gasteiger partial charge in [-0.15, -0.1) is 0 Å². The summed E-state index contributed by atoms with van der Waals surface area (Å²) in [5, 5.41) is 0. The monoisotopic (exact) mass is 339 g/mol. The smallest absolute Gasteiger partial charge is 0.257 e. The van der Waals surface area contributed by atoms with Crippen LogP contribution in [-0.2, 0) is 11.3 Å². The Morgan fingerprint density at radius 2 is 2.00 bits per heavy atom. The predicted octanol–water partition coefficient (Wildman–Crippen LogP) is 1.51. The van der Waals surface area contributed by atoms with Crippen LogP contribution in [0.3, 0.4) is 0 Å². The van der Waals surface area contributed by atoms with Crippen LogP contribution in [-0.4, -0.2) is 52.0 Å². The molecule has 5 rings (SSSR count). The number of amides is 1. The van der Waals surface area contributed by atoms with E-state index in [-0.39, 0.29) is 17.9 Å². The van der Waals surface area contributed by atoms with Crippen molar-refractivity contribution in [1.29, 1.82) is 0 Å². The Labute approximate surface area is 146 Å². The summed E-state index contributed by atoms with van der Waals surface area (Å²) in [6, 6.07) is 5.97. The molecule has 0 aromatic carbocycles. The van der Waals surface area contributed by atoms with E-state index in [0.717, 1.165) is 30.9 Å². The minimum atomic E-state index is -0.0193. The third-order valence-electron chi connectivity index (χ3n) is 4.99. The number of rotatable bonds is 4. The van der Waals surface area contributed by atoms with Crippen LogP contribution >= 0.6 is 0 Å². The van der Waals surface area contributed by atoms with E-state index in [2.05, 4.69) is 19.9 Å². The number of nitrogens with zero attached hydrogens (tertiary/aromatic N) is 5. The Kier molecular flexibility index (Phi) is 4.21. The third-order valence-corrected chi connectivity index (χ3v) is 4.99. The molecule has 3 saturated heterocycles. The normalized spacial score (nSPS) is 22.8. The van der Waals surface area contributed by atoms with Crippen molar-refractivity contribution >= 4 is 11.7 Å². The number of carbonyl (C=O) groups is 1. The average molecular weight is 339 g/mol. The fourth-order valence-corrected chi connectivity index (χ4v) is 3.77. The topological polar surface area (TPSA) is 71.5 Å². The molecular weight excluding hydrogens is 318 g/mol. The van der Waals surface area contributed by atoms with Crippen molar-refractivity contribution in [2.75, 3.05) is 25.1 Å². The molecule has 1 amide bonds. The number of aromatic nitrogens is 3. The molecule has 3 aliphatic rings. The minimum Gasteiger partial charge on any atom is -0.478 e. The molecule has 0 radical (unpaired) electrons. The molecule has 2 aromatic heterocycles. The van der Waals surface area contributed by atoms with Gasteiger partial charge in [0.2, 0.25) is 5.91 Å². The van der Waals surface area contributed by atoms with Crippen molar-refractivity contribution in [2.45, 2.75) is 25.4 Å². The van der Waals surface area contributed by atoms with E-state index >= 15 is 0 Å². The van der Waals surface area contributed by atoms with Crippen molar-refractivity contribution in [3.05, 3.63) is 42.5 Å². The van der Waals surface area contributed by atoms with Gasteiger partial charge in [0.1, 0.15) is 0 Å². The van der Waals surface area contributed by atoms with E-state index in [1.165, 1.54) is 0 Å². The molecule has 0 N–H and O–H groups in total. The van der Waals surface area contributed by atoms with Gasteiger partial charge in [0, 0.05) is 37.7 Å². The van der Waals surface area contributed by atoms with E-state index in [4.69, 9.17) is 4.74 Å².